The van der Waals surface area contributed by atoms with Gasteiger partial charge in [0, 0.05) is 41.0 Å². The number of methoxy groups -OCH3 is 1. The Bertz CT molecular complexity index is 1580. The lowest BCUT2D eigenvalue weighted by molar-refractivity contribution is -0.144. The van der Waals surface area contributed by atoms with Crippen molar-refractivity contribution in [3.63, 3.8) is 0 Å². The summed E-state index contributed by atoms with van der Waals surface area (Å²) in [5, 5.41) is 19.5. The Kier molecular flexibility index (Phi) is 11.3. The quantitative estimate of drug-likeness (QED) is 0.0966. The van der Waals surface area contributed by atoms with Crippen LogP contribution in [0.3, 0.4) is 0 Å². The molecule has 4 N–H and O–H groups in total. The molecule has 1 aromatic heterocycles. The first-order chi connectivity index (χ1) is 21.2. The topological polar surface area (TPSA) is 129 Å². The maximum absolute atomic E-state index is 13.5. The van der Waals surface area contributed by atoms with Crippen molar-refractivity contribution in [2.75, 3.05) is 24.3 Å². The molecule has 0 spiro atoms. The molecule has 3 aromatic carbocycles. The summed E-state index contributed by atoms with van der Waals surface area (Å²) < 4.78 is 4.89. The second-order valence-corrected chi connectivity index (χ2v) is 11.3. The van der Waals surface area contributed by atoms with Gasteiger partial charge in [0.1, 0.15) is 17.4 Å². The zero-order chi connectivity index (χ0) is 31.6. The van der Waals surface area contributed by atoms with Crippen LogP contribution >= 0.6 is 23.2 Å². The fourth-order valence-corrected chi connectivity index (χ4v) is 4.75. The van der Waals surface area contributed by atoms with E-state index in [9.17, 15) is 9.59 Å². The lowest BCUT2D eigenvalue weighted by Crippen LogP contribution is -2.45. The van der Waals surface area contributed by atoms with E-state index in [-0.39, 0.29) is 29.8 Å². The predicted molar refractivity (Wildman–Crippen MR) is 175 cm³/mol. The summed E-state index contributed by atoms with van der Waals surface area (Å²) in [6.07, 6.45) is 1.41. The molecule has 2 atom stereocenters. The summed E-state index contributed by atoms with van der Waals surface area (Å²) in [6, 6.07) is 23.3. The van der Waals surface area contributed by atoms with Gasteiger partial charge in [-0.15, -0.1) is 0 Å². The molecule has 11 heteroatoms. The lowest BCUT2D eigenvalue weighted by Gasteiger charge is -2.22. The first-order valence-electron chi connectivity index (χ1n) is 14.0. The highest BCUT2D eigenvalue weighted by Gasteiger charge is 2.28. The van der Waals surface area contributed by atoms with Crippen molar-refractivity contribution in [1.29, 1.82) is 5.41 Å². The van der Waals surface area contributed by atoms with E-state index in [1.807, 2.05) is 68.4 Å². The molecule has 0 fully saturated rings. The monoisotopic (exact) mass is 632 g/mol. The molecule has 2 unspecified atom stereocenters. The molecule has 44 heavy (non-hydrogen) atoms. The number of esters is 1. The summed E-state index contributed by atoms with van der Waals surface area (Å²) in [5.41, 5.74) is 3.10. The van der Waals surface area contributed by atoms with Crippen molar-refractivity contribution in [3.8, 4) is 0 Å². The number of anilines is 2. The molecular formula is C33H34Cl2N6O3. The number of hydrogen-bond acceptors (Lipinski definition) is 8. The maximum atomic E-state index is 13.5. The van der Waals surface area contributed by atoms with Crippen LogP contribution in [0.5, 0.6) is 0 Å². The number of benzene rings is 3. The van der Waals surface area contributed by atoms with Crippen molar-refractivity contribution >= 4 is 52.6 Å². The predicted octanol–water partition coefficient (Wildman–Crippen LogP) is 6.59. The van der Waals surface area contributed by atoms with E-state index in [4.69, 9.17) is 33.3 Å². The largest absolute Gasteiger partial charge is 0.467 e. The van der Waals surface area contributed by atoms with Crippen molar-refractivity contribution in [2.45, 2.75) is 32.4 Å². The molecule has 0 bridgehead atoms. The van der Waals surface area contributed by atoms with Gasteiger partial charge in [-0.05, 0) is 46.9 Å². The zero-order valence-corrected chi connectivity index (χ0v) is 26.1. The van der Waals surface area contributed by atoms with Gasteiger partial charge >= 0.3 is 5.97 Å². The fraction of sp³-hybridized carbons (Fsp3) is 0.242. The summed E-state index contributed by atoms with van der Waals surface area (Å²) in [6.45, 7) is 4.29. The van der Waals surface area contributed by atoms with Gasteiger partial charge < -0.3 is 26.1 Å². The van der Waals surface area contributed by atoms with Crippen LogP contribution < -0.4 is 16.0 Å². The highest BCUT2D eigenvalue weighted by atomic mass is 35.5. The zero-order valence-electron chi connectivity index (χ0n) is 24.6. The van der Waals surface area contributed by atoms with Gasteiger partial charge in [-0.2, -0.15) is 4.98 Å². The average molecular weight is 634 g/mol. The molecule has 1 heterocycles. The molecule has 0 aliphatic carbocycles. The van der Waals surface area contributed by atoms with Gasteiger partial charge in [0.25, 0.3) is 5.91 Å². The first-order valence-corrected chi connectivity index (χ1v) is 14.8. The second kappa shape index (κ2) is 15.3. The van der Waals surface area contributed by atoms with Gasteiger partial charge in [0.2, 0.25) is 5.95 Å². The van der Waals surface area contributed by atoms with Crippen LogP contribution in [0, 0.1) is 11.3 Å². The van der Waals surface area contributed by atoms with Gasteiger partial charge in [0.05, 0.1) is 7.11 Å². The number of nitrogens with one attached hydrogen (secondary N) is 4. The molecule has 0 aliphatic heterocycles. The molecule has 4 rings (SSSR count). The lowest BCUT2D eigenvalue weighted by atomic mass is 9.90. The van der Waals surface area contributed by atoms with Crippen LogP contribution in [0.25, 0.3) is 0 Å². The van der Waals surface area contributed by atoms with Crippen molar-refractivity contribution in [2.24, 2.45) is 5.92 Å². The molecular weight excluding hydrogens is 599 g/mol. The number of halogens is 2. The van der Waals surface area contributed by atoms with Crippen molar-refractivity contribution in [1.82, 2.24) is 15.3 Å². The van der Waals surface area contributed by atoms with Gasteiger partial charge in [-0.3, -0.25) is 4.79 Å². The summed E-state index contributed by atoms with van der Waals surface area (Å²) in [5.74, 6) is -1.17. The smallest absolute Gasteiger partial charge is 0.328 e. The Morgan fingerprint density at radius 1 is 0.909 bits per heavy atom. The normalized spacial score (nSPS) is 12.2. The minimum absolute atomic E-state index is 0.140. The number of amides is 1. The number of hydrogen-bond donors (Lipinski definition) is 4. The number of aromatic nitrogens is 2. The van der Waals surface area contributed by atoms with Crippen LogP contribution in [0.1, 0.15) is 46.8 Å². The van der Waals surface area contributed by atoms with Crippen LogP contribution in [-0.2, 0) is 16.1 Å². The van der Waals surface area contributed by atoms with Crippen molar-refractivity contribution in [3.05, 3.63) is 117 Å². The third kappa shape index (κ3) is 8.55. The SMILES string of the molecule is COC(=O)C(NC(=O)c1cnc(NCc2ccc(Cl)cc2)nc1NCC(C(=N)c1ccc(Cl)cc1)c1ccccc1)C(C)C. The molecule has 228 valence electrons. The van der Waals surface area contributed by atoms with Crippen LogP contribution in [0.4, 0.5) is 11.8 Å². The second-order valence-electron chi connectivity index (χ2n) is 10.4. The fourth-order valence-electron chi connectivity index (χ4n) is 4.50. The molecule has 9 nitrogen and oxygen atoms in total. The van der Waals surface area contributed by atoms with E-state index >= 15 is 0 Å². The maximum Gasteiger partial charge on any atom is 0.328 e. The highest BCUT2D eigenvalue weighted by molar-refractivity contribution is 6.31. The molecule has 1 amide bonds. The summed E-state index contributed by atoms with van der Waals surface area (Å²) in [4.78, 5) is 34.9. The van der Waals surface area contributed by atoms with E-state index in [1.54, 1.807) is 24.3 Å². The summed E-state index contributed by atoms with van der Waals surface area (Å²) in [7, 11) is 1.28. The number of ether oxygens (including phenoxy) is 1. The van der Waals surface area contributed by atoms with Gasteiger partial charge in [0.15, 0.2) is 0 Å². The minimum Gasteiger partial charge on any atom is -0.467 e. The third-order valence-corrected chi connectivity index (χ3v) is 7.49. The van der Waals surface area contributed by atoms with Crippen LogP contribution in [0.2, 0.25) is 10.0 Å². The molecule has 0 saturated carbocycles. The number of nitrogens with zero attached hydrogens (tertiary/aromatic N) is 2. The minimum atomic E-state index is -0.863. The molecule has 0 aliphatic rings. The van der Waals surface area contributed by atoms with E-state index in [0.29, 0.717) is 27.9 Å². The number of carbonyl (C=O) groups excluding carboxylic acids is 2. The standard InChI is InChI=1S/C33H34Cl2N6O3/c1-20(2)29(32(43)44-3)40-31(42)27-19-39-33(38-17-21-9-13-24(34)14-10-21)41-30(27)37-18-26(22-7-5-4-6-8-22)28(36)23-11-15-25(35)16-12-23/h4-16,19-20,26,29,36H,17-18H2,1-3H3,(H,40,42)(H2,37,38,39,41). The Hall–Kier alpha value is -4.47. The van der Waals surface area contributed by atoms with Gasteiger partial charge in [-0.25, -0.2) is 9.78 Å². The van der Waals surface area contributed by atoms with E-state index in [1.165, 1.54) is 13.3 Å². The summed E-state index contributed by atoms with van der Waals surface area (Å²) >= 11 is 12.1. The van der Waals surface area contributed by atoms with Gasteiger partial charge in [-0.1, -0.05) is 91.6 Å². The van der Waals surface area contributed by atoms with Crippen LogP contribution in [-0.4, -0.2) is 47.3 Å². The van der Waals surface area contributed by atoms with E-state index in [0.717, 1.165) is 11.1 Å². The molecule has 0 saturated heterocycles. The Labute approximate surface area is 266 Å². The molecule has 0 radical (unpaired) electrons. The van der Waals surface area contributed by atoms with Crippen LogP contribution in [0.15, 0.2) is 85.1 Å². The van der Waals surface area contributed by atoms with Crippen molar-refractivity contribution < 1.29 is 14.3 Å². The number of rotatable bonds is 13. The first kappa shape index (κ1) is 32.4. The third-order valence-electron chi connectivity index (χ3n) is 6.98. The highest BCUT2D eigenvalue weighted by Crippen LogP contribution is 2.24. The Morgan fingerprint density at radius 3 is 2.16 bits per heavy atom. The Balaban J connectivity index is 1.65. The molecule has 4 aromatic rings. The average Bonchev–Trinajstić information content (AvgIpc) is 3.03. The van der Waals surface area contributed by atoms with E-state index < -0.39 is 23.8 Å². The Morgan fingerprint density at radius 2 is 1.55 bits per heavy atom. The van der Waals surface area contributed by atoms with E-state index in [2.05, 4.69) is 25.9 Å². The number of carbonyl (C=O) groups is 2.